The quantitative estimate of drug-likeness (QED) is 0.643. The third-order valence-corrected chi connectivity index (χ3v) is 1.66. The number of hydrogen-bond donors (Lipinski definition) is 2. The largest absolute Gasteiger partial charge is 0.362 e. The molecule has 0 unspecified atom stereocenters. The molecule has 0 spiro atoms. The van der Waals surface area contributed by atoms with Crippen molar-refractivity contribution in [1.29, 1.82) is 0 Å². The van der Waals surface area contributed by atoms with Crippen LogP contribution in [0.1, 0.15) is 17.0 Å². The van der Waals surface area contributed by atoms with E-state index in [1.54, 1.807) is 7.11 Å². The highest BCUT2D eigenvalue weighted by Gasteiger charge is 1.99. The maximum Gasteiger partial charge on any atom is 0.0572 e. The second-order valence-electron chi connectivity index (χ2n) is 2.63. The molecule has 0 radical (unpaired) electrons. The van der Waals surface area contributed by atoms with E-state index in [0.717, 1.165) is 6.54 Å². The number of hydrogen-bond acceptors (Lipinski definition) is 2. The normalized spacial score (nSPS) is 10.5. The molecule has 0 aliphatic heterocycles. The molecule has 3 nitrogen and oxygen atoms in total. The molecule has 0 aliphatic rings. The van der Waals surface area contributed by atoms with Crippen molar-refractivity contribution in [3.63, 3.8) is 0 Å². The van der Waals surface area contributed by atoms with E-state index in [1.165, 1.54) is 17.0 Å². The molecular formula is C8H14N2O. The molecule has 11 heavy (non-hydrogen) atoms. The van der Waals surface area contributed by atoms with Gasteiger partial charge in [0.05, 0.1) is 7.11 Å². The summed E-state index contributed by atoms with van der Waals surface area (Å²) in [5.74, 6) is 0. The van der Waals surface area contributed by atoms with Crippen molar-refractivity contribution >= 4 is 0 Å². The SMILES string of the molecule is CONCc1cc(C)[nH]c1C. The van der Waals surface area contributed by atoms with Gasteiger partial charge in [-0.25, -0.2) is 0 Å². The van der Waals surface area contributed by atoms with Crippen LogP contribution in [0, 0.1) is 13.8 Å². The van der Waals surface area contributed by atoms with E-state index in [1.807, 2.05) is 6.92 Å². The maximum atomic E-state index is 4.75. The van der Waals surface area contributed by atoms with Crippen LogP contribution < -0.4 is 5.48 Å². The minimum absolute atomic E-state index is 0.757. The Balaban J connectivity index is 2.62. The first kappa shape index (κ1) is 8.30. The summed E-state index contributed by atoms with van der Waals surface area (Å²) < 4.78 is 0. The smallest absolute Gasteiger partial charge is 0.0572 e. The van der Waals surface area contributed by atoms with Crippen molar-refractivity contribution in [2.75, 3.05) is 7.11 Å². The minimum atomic E-state index is 0.757. The topological polar surface area (TPSA) is 37.0 Å². The van der Waals surface area contributed by atoms with E-state index in [-0.39, 0.29) is 0 Å². The third-order valence-electron chi connectivity index (χ3n) is 1.66. The highest BCUT2D eigenvalue weighted by atomic mass is 16.6. The molecule has 2 N–H and O–H groups in total. The number of H-pyrrole nitrogens is 1. The van der Waals surface area contributed by atoms with Crippen LogP contribution in [0.15, 0.2) is 6.07 Å². The van der Waals surface area contributed by atoms with Gasteiger partial charge in [0, 0.05) is 17.9 Å². The molecule has 0 amide bonds. The van der Waals surface area contributed by atoms with Crippen LogP contribution in [0.2, 0.25) is 0 Å². The van der Waals surface area contributed by atoms with Gasteiger partial charge < -0.3 is 9.82 Å². The molecule has 0 fully saturated rings. The summed E-state index contributed by atoms with van der Waals surface area (Å²) in [6, 6.07) is 2.11. The fraction of sp³-hybridized carbons (Fsp3) is 0.500. The lowest BCUT2D eigenvalue weighted by molar-refractivity contribution is 0.0866. The lowest BCUT2D eigenvalue weighted by Crippen LogP contribution is -2.10. The highest BCUT2D eigenvalue weighted by molar-refractivity contribution is 5.23. The van der Waals surface area contributed by atoms with Crippen molar-refractivity contribution in [3.8, 4) is 0 Å². The Morgan fingerprint density at radius 3 is 2.73 bits per heavy atom. The van der Waals surface area contributed by atoms with Crippen LogP contribution in [-0.2, 0) is 11.4 Å². The maximum absolute atomic E-state index is 4.75. The average Bonchev–Trinajstić information content (AvgIpc) is 2.26. The molecule has 0 atom stereocenters. The molecule has 0 aromatic carbocycles. The minimum Gasteiger partial charge on any atom is -0.362 e. The molecule has 62 valence electrons. The van der Waals surface area contributed by atoms with Crippen molar-refractivity contribution in [2.45, 2.75) is 20.4 Å². The summed E-state index contributed by atoms with van der Waals surface area (Å²) in [5.41, 5.74) is 6.44. The van der Waals surface area contributed by atoms with E-state index < -0.39 is 0 Å². The molecule has 0 saturated heterocycles. The molecule has 0 bridgehead atoms. The summed E-state index contributed by atoms with van der Waals surface area (Å²) in [6.45, 7) is 4.86. The summed E-state index contributed by atoms with van der Waals surface area (Å²) >= 11 is 0. The summed E-state index contributed by atoms with van der Waals surface area (Å²) in [6.07, 6.45) is 0. The van der Waals surface area contributed by atoms with Gasteiger partial charge in [0.1, 0.15) is 0 Å². The van der Waals surface area contributed by atoms with Gasteiger partial charge in [0.25, 0.3) is 0 Å². The van der Waals surface area contributed by atoms with Gasteiger partial charge in [-0.05, 0) is 25.5 Å². The Bertz CT molecular complexity index is 230. The first-order chi connectivity index (χ1) is 5.24. The molecule has 1 heterocycles. The Kier molecular flexibility index (Phi) is 2.68. The van der Waals surface area contributed by atoms with Crippen molar-refractivity contribution in [1.82, 2.24) is 10.5 Å². The van der Waals surface area contributed by atoms with E-state index in [4.69, 9.17) is 4.84 Å². The Hall–Kier alpha value is -0.800. The van der Waals surface area contributed by atoms with Crippen LogP contribution >= 0.6 is 0 Å². The predicted molar refractivity (Wildman–Crippen MR) is 44.1 cm³/mol. The molecule has 3 heteroatoms. The van der Waals surface area contributed by atoms with Gasteiger partial charge in [-0.15, -0.1) is 0 Å². The zero-order valence-corrected chi connectivity index (χ0v) is 7.19. The number of aryl methyl sites for hydroxylation is 2. The number of nitrogens with one attached hydrogen (secondary N) is 2. The van der Waals surface area contributed by atoms with Gasteiger partial charge in [0.15, 0.2) is 0 Å². The van der Waals surface area contributed by atoms with Crippen molar-refractivity contribution in [2.24, 2.45) is 0 Å². The first-order valence-electron chi connectivity index (χ1n) is 3.65. The molecule has 0 aliphatic carbocycles. The third kappa shape index (κ3) is 2.06. The van der Waals surface area contributed by atoms with E-state index >= 15 is 0 Å². The lowest BCUT2D eigenvalue weighted by atomic mass is 10.2. The van der Waals surface area contributed by atoms with Crippen LogP contribution in [0.3, 0.4) is 0 Å². The Morgan fingerprint density at radius 1 is 1.55 bits per heavy atom. The fourth-order valence-electron chi connectivity index (χ4n) is 1.12. The van der Waals surface area contributed by atoms with E-state index in [2.05, 4.69) is 23.5 Å². The van der Waals surface area contributed by atoms with E-state index in [0.29, 0.717) is 0 Å². The van der Waals surface area contributed by atoms with Crippen LogP contribution in [0.25, 0.3) is 0 Å². The van der Waals surface area contributed by atoms with Gasteiger partial charge in [0.2, 0.25) is 0 Å². The van der Waals surface area contributed by atoms with Gasteiger partial charge in [-0.1, -0.05) is 0 Å². The first-order valence-corrected chi connectivity index (χ1v) is 3.65. The lowest BCUT2D eigenvalue weighted by Gasteiger charge is -1.99. The predicted octanol–water partition coefficient (Wildman–Crippen LogP) is 1.28. The summed E-state index contributed by atoms with van der Waals surface area (Å²) in [5, 5.41) is 0. The molecule has 1 aromatic heterocycles. The number of hydroxylamine groups is 1. The summed E-state index contributed by atoms with van der Waals surface area (Å²) in [7, 11) is 1.62. The zero-order valence-electron chi connectivity index (χ0n) is 7.19. The van der Waals surface area contributed by atoms with Gasteiger partial charge in [-0.3, -0.25) is 0 Å². The zero-order chi connectivity index (χ0) is 8.27. The van der Waals surface area contributed by atoms with E-state index in [9.17, 15) is 0 Å². The van der Waals surface area contributed by atoms with Gasteiger partial charge in [-0.2, -0.15) is 5.48 Å². The number of aromatic amines is 1. The fourth-order valence-corrected chi connectivity index (χ4v) is 1.12. The van der Waals surface area contributed by atoms with Crippen molar-refractivity contribution in [3.05, 3.63) is 23.0 Å². The second-order valence-corrected chi connectivity index (χ2v) is 2.63. The van der Waals surface area contributed by atoms with Gasteiger partial charge >= 0.3 is 0 Å². The molecule has 0 saturated carbocycles. The molecule has 1 aromatic rings. The molecule has 1 rings (SSSR count). The summed E-state index contributed by atoms with van der Waals surface area (Å²) in [4.78, 5) is 7.97. The number of aromatic nitrogens is 1. The second kappa shape index (κ2) is 3.55. The Morgan fingerprint density at radius 2 is 2.27 bits per heavy atom. The van der Waals surface area contributed by atoms with Crippen LogP contribution in [0.5, 0.6) is 0 Å². The number of rotatable bonds is 3. The standard InChI is InChI=1S/C8H14N2O/c1-6-4-8(5-9-11-3)7(2)10-6/h4,9-10H,5H2,1-3H3. The highest BCUT2D eigenvalue weighted by Crippen LogP contribution is 2.08. The Labute approximate surface area is 66.7 Å². The average molecular weight is 154 g/mol. The van der Waals surface area contributed by atoms with Crippen molar-refractivity contribution < 1.29 is 4.84 Å². The molecular weight excluding hydrogens is 140 g/mol. The van der Waals surface area contributed by atoms with Crippen LogP contribution in [-0.4, -0.2) is 12.1 Å². The monoisotopic (exact) mass is 154 g/mol. The van der Waals surface area contributed by atoms with Crippen LogP contribution in [0.4, 0.5) is 0 Å².